The van der Waals surface area contributed by atoms with E-state index in [9.17, 15) is 18.0 Å². The summed E-state index contributed by atoms with van der Waals surface area (Å²) in [4.78, 5) is 13.2. The molecule has 126 valence electrons. The number of nitrogens with one attached hydrogen (secondary N) is 2. The molecular weight excluding hydrogens is 330 g/mol. The summed E-state index contributed by atoms with van der Waals surface area (Å²) in [7, 11) is 0. The van der Waals surface area contributed by atoms with Crippen LogP contribution in [0.2, 0.25) is 0 Å². The second-order valence-corrected chi connectivity index (χ2v) is 5.44. The van der Waals surface area contributed by atoms with Crippen molar-refractivity contribution in [3.8, 4) is 0 Å². The van der Waals surface area contributed by atoms with Crippen LogP contribution in [-0.2, 0) is 4.79 Å². The molecule has 0 aromatic carbocycles. The third-order valence-corrected chi connectivity index (χ3v) is 3.77. The molecule has 4 nitrogen and oxygen atoms in total. The minimum atomic E-state index is -4.13. The van der Waals surface area contributed by atoms with Gasteiger partial charge in [-0.1, -0.05) is 0 Å². The minimum Gasteiger partial charge on any atom is -0.355 e. The monoisotopic (exact) mass is 351 g/mol. The maximum absolute atomic E-state index is 12.2. The first-order valence-corrected chi connectivity index (χ1v) is 6.71. The summed E-state index contributed by atoms with van der Waals surface area (Å²) in [5.74, 6) is 0.188. The van der Waals surface area contributed by atoms with Crippen molar-refractivity contribution in [3.05, 3.63) is 0 Å². The number of carbonyl (C=O) groups is 1. The Morgan fingerprint density at radius 3 is 2.57 bits per heavy atom. The van der Waals surface area contributed by atoms with Crippen LogP contribution in [0.25, 0.3) is 0 Å². The SMILES string of the molecule is Cl.Cl.O=C(NCC1CCN(CC(F)(F)F)C1)C1CCNC1. The van der Waals surface area contributed by atoms with Gasteiger partial charge in [0.05, 0.1) is 12.5 Å². The Balaban J connectivity index is 0.00000200. The molecule has 9 heteroatoms. The number of hydrogen-bond acceptors (Lipinski definition) is 3. The predicted octanol–water partition coefficient (Wildman–Crippen LogP) is 1.44. The minimum absolute atomic E-state index is 0. The maximum Gasteiger partial charge on any atom is 0.401 e. The summed E-state index contributed by atoms with van der Waals surface area (Å²) in [6, 6.07) is 0. The van der Waals surface area contributed by atoms with Crippen molar-refractivity contribution in [2.24, 2.45) is 11.8 Å². The van der Waals surface area contributed by atoms with Crippen molar-refractivity contribution in [1.29, 1.82) is 0 Å². The van der Waals surface area contributed by atoms with E-state index in [-0.39, 0.29) is 42.6 Å². The molecule has 0 aromatic heterocycles. The molecule has 2 fully saturated rings. The molecule has 2 unspecified atom stereocenters. The third-order valence-electron chi connectivity index (χ3n) is 3.77. The Morgan fingerprint density at radius 2 is 2.00 bits per heavy atom. The van der Waals surface area contributed by atoms with Crippen LogP contribution in [0.4, 0.5) is 13.2 Å². The van der Waals surface area contributed by atoms with Crippen molar-refractivity contribution >= 4 is 30.7 Å². The summed E-state index contributed by atoms with van der Waals surface area (Å²) in [5.41, 5.74) is 0. The molecule has 2 rings (SSSR count). The quantitative estimate of drug-likeness (QED) is 0.805. The fraction of sp³-hybridized carbons (Fsp3) is 0.917. The second kappa shape index (κ2) is 9.02. The zero-order valence-corrected chi connectivity index (χ0v) is 13.3. The van der Waals surface area contributed by atoms with Crippen molar-refractivity contribution in [3.63, 3.8) is 0 Å². The summed E-state index contributed by atoms with van der Waals surface area (Å²) in [6.45, 7) is 2.10. The molecule has 0 bridgehead atoms. The number of rotatable bonds is 4. The van der Waals surface area contributed by atoms with E-state index >= 15 is 0 Å². The molecule has 2 saturated heterocycles. The highest BCUT2D eigenvalue weighted by molar-refractivity contribution is 5.85. The van der Waals surface area contributed by atoms with Crippen molar-refractivity contribution in [2.75, 3.05) is 39.3 Å². The van der Waals surface area contributed by atoms with Gasteiger partial charge in [0.1, 0.15) is 0 Å². The zero-order chi connectivity index (χ0) is 13.9. The van der Waals surface area contributed by atoms with Crippen LogP contribution < -0.4 is 10.6 Å². The van der Waals surface area contributed by atoms with E-state index in [1.54, 1.807) is 0 Å². The first kappa shape index (κ1) is 20.8. The Bertz CT molecular complexity index is 325. The lowest BCUT2D eigenvalue weighted by Crippen LogP contribution is -2.37. The fourth-order valence-corrected chi connectivity index (χ4v) is 2.74. The Kier molecular flexibility index (Phi) is 8.92. The van der Waals surface area contributed by atoms with Gasteiger partial charge in [0.2, 0.25) is 5.91 Å². The van der Waals surface area contributed by atoms with E-state index in [2.05, 4.69) is 10.6 Å². The Labute approximate surface area is 135 Å². The summed E-state index contributed by atoms with van der Waals surface area (Å²) in [5, 5.41) is 5.98. The molecule has 0 aliphatic carbocycles. The van der Waals surface area contributed by atoms with Gasteiger partial charge in [-0.25, -0.2) is 0 Å². The zero-order valence-electron chi connectivity index (χ0n) is 11.6. The number of amides is 1. The number of carbonyl (C=O) groups excluding carboxylic acids is 1. The molecule has 0 radical (unpaired) electrons. The topological polar surface area (TPSA) is 44.4 Å². The van der Waals surface area contributed by atoms with Crippen LogP contribution in [0.3, 0.4) is 0 Å². The van der Waals surface area contributed by atoms with E-state index in [4.69, 9.17) is 0 Å². The molecule has 2 aliphatic heterocycles. The van der Waals surface area contributed by atoms with Crippen molar-refractivity contribution in [2.45, 2.75) is 19.0 Å². The standard InChI is InChI=1S/C12H20F3N3O.2ClH/c13-12(14,15)8-18-4-2-9(7-18)5-17-11(19)10-1-3-16-6-10;;/h9-10,16H,1-8H2,(H,17,19);2*1H. The van der Waals surface area contributed by atoms with E-state index in [0.29, 0.717) is 26.2 Å². The van der Waals surface area contributed by atoms with Crippen LogP contribution in [-0.4, -0.2) is 56.3 Å². The van der Waals surface area contributed by atoms with Crippen LogP contribution in [0.5, 0.6) is 0 Å². The van der Waals surface area contributed by atoms with Crippen LogP contribution in [0.15, 0.2) is 0 Å². The van der Waals surface area contributed by atoms with Gasteiger partial charge in [-0.3, -0.25) is 9.69 Å². The summed E-state index contributed by atoms with van der Waals surface area (Å²) in [6.07, 6.45) is -2.57. The number of hydrogen-bond donors (Lipinski definition) is 2. The van der Waals surface area contributed by atoms with Crippen LogP contribution >= 0.6 is 24.8 Å². The molecule has 0 saturated carbocycles. The van der Waals surface area contributed by atoms with Gasteiger partial charge < -0.3 is 10.6 Å². The largest absolute Gasteiger partial charge is 0.401 e. The lowest BCUT2D eigenvalue weighted by molar-refractivity contribution is -0.143. The third kappa shape index (κ3) is 7.04. The molecule has 0 aromatic rings. The first-order chi connectivity index (χ1) is 8.94. The normalized spacial score (nSPS) is 26.0. The van der Waals surface area contributed by atoms with Crippen molar-refractivity contribution in [1.82, 2.24) is 15.5 Å². The van der Waals surface area contributed by atoms with Gasteiger partial charge in [-0.15, -0.1) is 24.8 Å². The molecule has 2 aliphatic rings. The molecular formula is C12H22Cl2F3N3O. The fourth-order valence-electron chi connectivity index (χ4n) is 2.74. The number of likely N-dealkylation sites (tertiary alicyclic amines) is 1. The number of nitrogens with zero attached hydrogens (tertiary/aromatic N) is 1. The van der Waals surface area contributed by atoms with E-state index in [1.807, 2.05) is 0 Å². The Hall–Kier alpha value is -0.240. The number of alkyl halides is 3. The molecule has 2 N–H and O–H groups in total. The highest BCUT2D eigenvalue weighted by Gasteiger charge is 2.34. The molecule has 2 atom stereocenters. The van der Waals surface area contributed by atoms with Crippen molar-refractivity contribution < 1.29 is 18.0 Å². The second-order valence-electron chi connectivity index (χ2n) is 5.44. The van der Waals surface area contributed by atoms with Gasteiger partial charge >= 0.3 is 6.18 Å². The summed E-state index contributed by atoms with van der Waals surface area (Å²) < 4.78 is 36.7. The van der Waals surface area contributed by atoms with Crippen LogP contribution in [0, 0.1) is 11.8 Å². The van der Waals surface area contributed by atoms with Crippen LogP contribution in [0.1, 0.15) is 12.8 Å². The van der Waals surface area contributed by atoms with Gasteiger partial charge in [-0.05, 0) is 31.8 Å². The molecule has 2 heterocycles. The van der Waals surface area contributed by atoms with E-state index < -0.39 is 12.7 Å². The lowest BCUT2D eigenvalue weighted by atomic mass is 10.1. The van der Waals surface area contributed by atoms with E-state index in [0.717, 1.165) is 19.4 Å². The van der Waals surface area contributed by atoms with Gasteiger partial charge in [0.25, 0.3) is 0 Å². The highest BCUT2D eigenvalue weighted by Crippen LogP contribution is 2.22. The highest BCUT2D eigenvalue weighted by atomic mass is 35.5. The average molecular weight is 352 g/mol. The summed E-state index contributed by atoms with van der Waals surface area (Å²) >= 11 is 0. The first-order valence-electron chi connectivity index (χ1n) is 6.71. The molecule has 21 heavy (non-hydrogen) atoms. The van der Waals surface area contributed by atoms with Gasteiger partial charge in [0.15, 0.2) is 0 Å². The van der Waals surface area contributed by atoms with E-state index in [1.165, 1.54) is 4.90 Å². The van der Waals surface area contributed by atoms with Gasteiger partial charge in [0, 0.05) is 19.6 Å². The Morgan fingerprint density at radius 1 is 1.29 bits per heavy atom. The maximum atomic E-state index is 12.2. The average Bonchev–Trinajstić information content (AvgIpc) is 2.94. The number of halogens is 5. The molecule has 1 amide bonds. The molecule has 0 spiro atoms. The predicted molar refractivity (Wildman–Crippen MR) is 79.1 cm³/mol. The smallest absolute Gasteiger partial charge is 0.355 e. The van der Waals surface area contributed by atoms with Gasteiger partial charge in [-0.2, -0.15) is 13.2 Å². The lowest BCUT2D eigenvalue weighted by Gasteiger charge is -2.18.